The van der Waals surface area contributed by atoms with Crippen molar-refractivity contribution in [1.29, 1.82) is 0 Å². The second-order valence-electron chi connectivity index (χ2n) is 4.69. The summed E-state index contributed by atoms with van der Waals surface area (Å²) in [4.78, 5) is 35.7. The van der Waals surface area contributed by atoms with Gasteiger partial charge in [-0.3, -0.25) is 19.9 Å². The zero-order valence-corrected chi connectivity index (χ0v) is 10.5. The molecule has 0 aromatic carbocycles. The molecule has 0 aliphatic carbocycles. The minimum Gasteiger partial charge on any atom is -0.324 e. The quantitative estimate of drug-likeness (QED) is 0.504. The first-order valence-corrected chi connectivity index (χ1v) is 5.35. The standard InChI is InChI=1S/C10H18N4O3/c1-10(2)8(16)14(9(17)11-10)6-5-7(15)12-13(3)4/h5-6H2,1-4H3,(H,11,17)(H,12,15). The Morgan fingerprint density at radius 2 is 2.00 bits per heavy atom. The highest BCUT2D eigenvalue weighted by Crippen LogP contribution is 2.16. The molecular formula is C10H18N4O3. The molecule has 1 aliphatic heterocycles. The lowest BCUT2D eigenvalue weighted by atomic mass is 10.1. The van der Waals surface area contributed by atoms with Crippen LogP contribution in [0.4, 0.5) is 4.79 Å². The van der Waals surface area contributed by atoms with Gasteiger partial charge >= 0.3 is 6.03 Å². The summed E-state index contributed by atoms with van der Waals surface area (Å²) in [5.74, 6) is -0.541. The molecule has 96 valence electrons. The molecule has 0 spiro atoms. The van der Waals surface area contributed by atoms with Crippen LogP contribution >= 0.6 is 0 Å². The van der Waals surface area contributed by atoms with Gasteiger partial charge in [-0.2, -0.15) is 0 Å². The van der Waals surface area contributed by atoms with Crippen molar-refractivity contribution in [2.45, 2.75) is 25.8 Å². The number of hydrogen-bond acceptors (Lipinski definition) is 4. The zero-order valence-electron chi connectivity index (χ0n) is 10.5. The van der Waals surface area contributed by atoms with Crippen LogP contribution < -0.4 is 10.7 Å². The Morgan fingerprint density at radius 1 is 1.41 bits per heavy atom. The topological polar surface area (TPSA) is 81.8 Å². The van der Waals surface area contributed by atoms with Gasteiger partial charge in [0, 0.05) is 27.1 Å². The SMILES string of the molecule is CN(C)NC(=O)CCN1C(=O)NC(C)(C)C1=O. The molecule has 1 fully saturated rings. The number of carbonyl (C=O) groups is 3. The summed E-state index contributed by atoms with van der Waals surface area (Å²) in [6.45, 7) is 3.36. The van der Waals surface area contributed by atoms with Gasteiger partial charge in [0.1, 0.15) is 5.54 Å². The van der Waals surface area contributed by atoms with Crippen LogP contribution in [-0.4, -0.2) is 53.9 Å². The predicted molar refractivity (Wildman–Crippen MR) is 60.8 cm³/mol. The maximum atomic E-state index is 11.8. The first-order chi connectivity index (χ1) is 7.74. The van der Waals surface area contributed by atoms with E-state index in [1.807, 2.05) is 0 Å². The maximum absolute atomic E-state index is 11.8. The van der Waals surface area contributed by atoms with Gasteiger partial charge in [-0.1, -0.05) is 0 Å². The Balaban J connectivity index is 2.51. The van der Waals surface area contributed by atoms with Gasteiger partial charge in [0.15, 0.2) is 0 Å². The van der Waals surface area contributed by atoms with E-state index in [1.54, 1.807) is 27.9 Å². The van der Waals surface area contributed by atoms with E-state index in [2.05, 4.69) is 10.7 Å². The smallest absolute Gasteiger partial charge is 0.324 e. The van der Waals surface area contributed by atoms with E-state index in [0.29, 0.717) is 0 Å². The van der Waals surface area contributed by atoms with E-state index < -0.39 is 11.6 Å². The monoisotopic (exact) mass is 242 g/mol. The number of imide groups is 1. The molecule has 2 N–H and O–H groups in total. The first kappa shape index (κ1) is 13.4. The van der Waals surface area contributed by atoms with Crippen molar-refractivity contribution in [3.05, 3.63) is 0 Å². The molecule has 0 atom stereocenters. The van der Waals surface area contributed by atoms with Crippen LogP contribution in [0.5, 0.6) is 0 Å². The fourth-order valence-electron chi connectivity index (χ4n) is 1.54. The third-order valence-corrected chi connectivity index (χ3v) is 2.36. The van der Waals surface area contributed by atoms with Crippen molar-refractivity contribution in [2.24, 2.45) is 0 Å². The number of hydrogen-bond donors (Lipinski definition) is 2. The molecule has 4 amide bonds. The van der Waals surface area contributed by atoms with E-state index in [4.69, 9.17) is 0 Å². The third kappa shape index (κ3) is 3.16. The van der Waals surface area contributed by atoms with Crippen molar-refractivity contribution in [3.8, 4) is 0 Å². The van der Waals surface area contributed by atoms with Gasteiger partial charge < -0.3 is 5.32 Å². The van der Waals surface area contributed by atoms with E-state index in [-0.39, 0.29) is 24.8 Å². The van der Waals surface area contributed by atoms with E-state index in [1.165, 1.54) is 5.01 Å². The highest BCUT2D eigenvalue weighted by Gasteiger charge is 2.43. The Labute approximate surface area is 100 Å². The molecule has 0 radical (unpaired) electrons. The van der Waals surface area contributed by atoms with Crippen LogP contribution in [0.15, 0.2) is 0 Å². The molecule has 1 aliphatic rings. The first-order valence-electron chi connectivity index (χ1n) is 5.35. The third-order valence-electron chi connectivity index (χ3n) is 2.36. The minimum atomic E-state index is -0.880. The minimum absolute atomic E-state index is 0.0907. The van der Waals surface area contributed by atoms with Gasteiger partial charge in [-0.25, -0.2) is 9.80 Å². The Hall–Kier alpha value is -1.63. The second-order valence-corrected chi connectivity index (χ2v) is 4.69. The van der Waals surface area contributed by atoms with Crippen molar-refractivity contribution in [3.63, 3.8) is 0 Å². The number of urea groups is 1. The van der Waals surface area contributed by atoms with Crippen molar-refractivity contribution >= 4 is 17.8 Å². The molecule has 7 nitrogen and oxygen atoms in total. The van der Waals surface area contributed by atoms with E-state index in [0.717, 1.165) is 4.90 Å². The molecule has 0 unspecified atom stereocenters. The van der Waals surface area contributed by atoms with Crippen molar-refractivity contribution in [2.75, 3.05) is 20.6 Å². The normalized spacial score (nSPS) is 18.5. The lowest BCUT2D eigenvalue weighted by Crippen LogP contribution is -2.41. The molecule has 0 aromatic heterocycles. The molecule has 0 saturated carbocycles. The molecule has 1 saturated heterocycles. The molecule has 0 bridgehead atoms. The van der Waals surface area contributed by atoms with Gasteiger partial charge in [0.25, 0.3) is 5.91 Å². The lowest BCUT2D eigenvalue weighted by Gasteiger charge is -2.16. The highest BCUT2D eigenvalue weighted by atomic mass is 16.2. The Morgan fingerprint density at radius 3 is 2.41 bits per heavy atom. The maximum Gasteiger partial charge on any atom is 0.325 e. The Kier molecular flexibility index (Phi) is 3.72. The number of hydrazine groups is 1. The van der Waals surface area contributed by atoms with Crippen LogP contribution in [0.2, 0.25) is 0 Å². The highest BCUT2D eigenvalue weighted by molar-refractivity contribution is 6.06. The summed E-state index contributed by atoms with van der Waals surface area (Å²) < 4.78 is 0. The van der Waals surface area contributed by atoms with Gasteiger partial charge in [0.05, 0.1) is 0 Å². The van der Waals surface area contributed by atoms with Crippen LogP contribution in [0.3, 0.4) is 0 Å². The largest absolute Gasteiger partial charge is 0.325 e. The average molecular weight is 242 g/mol. The second kappa shape index (κ2) is 4.70. The number of nitrogens with zero attached hydrogens (tertiary/aromatic N) is 2. The molecular weight excluding hydrogens is 224 g/mol. The van der Waals surface area contributed by atoms with Crippen LogP contribution in [0.25, 0.3) is 0 Å². The summed E-state index contributed by atoms with van der Waals surface area (Å²) in [7, 11) is 3.38. The van der Waals surface area contributed by atoms with E-state index >= 15 is 0 Å². The van der Waals surface area contributed by atoms with Crippen LogP contribution in [0.1, 0.15) is 20.3 Å². The summed E-state index contributed by atoms with van der Waals surface area (Å²) in [6.07, 6.45) is 0.0907. The fraction of sp³-hybridized carbons (Fsp3) is 0.700. The predicted octanol–water partition coefficient (Wildman–Crippen LogP) is -0.700. The zero-order chi connectivity index (χ0) is 13.2. The van der Waals surface area contributed by atoms with Crippen LogP contribution in [0, 0.1) is 0 Å². The number of nitrogens with one attached hydrogen (secondary N) is 2. The van der Waals surface area contributed by atoms with Crippen LogP contribution in [-0.2, 0) is 9.59 Å². The van der Waals surface area contributed by atoms with Crippen molar-refractivity contribution in [1.82, 2.24) is 20.7 Å². The number of carbonyl (C=O) groups excluding carboxylic acids is 3. The summed E-state index contributed by atoms with van der Waals surface area (Å²) in [6, 6.07) is -0.447. The molecule has 0 aromatic rings. The Bertz CT molecular complexity index is 351. The summed E-state index contributed by atoms with van der Waals surface area (Å²) >= 11 is 0. The summed E-state index contributed by atoms with van der Waals surface area (Å²) in [5, 5.41) is 4.06. The van der Waals surface area contributed by atoms with Crippen molar-refractivity contribution < 1.29 is 14.4 Å². The number of amides is 4. The molecule has 17 heavy (non-hydrogen) atoms. The average Bonchev–Trinajstić information content (AvgIpc) is 2.33. The lowest BCUT2D eigenvalue weighted by molar-refractivity contribution is -0.131. The van der Waals surface area contributed by atoms with Gasteiger partial charge in [-0.15, -0.1) is 0 Å². The number of rotatable bonds is 4. The molecule has 1 heterocycles. The van der Waals surface area contributed by atoms with E-state index in [9.17, 15) is 14.4 Å². The summed E-state index contributed by atoms with van der Waals surface area (Å²) in [5.41, 5.74) is 1.66. The van der Waals surface area contributed by atoms with Gasteiger partial charge in [-0.05, 0) is 13.8 Å². The van der Waals surface area contributed by atoms with Gasteiger partial charge in [0.2, 0.25) is 5.91 Å². The fourth-order valence-corrected chi connectivity index (χ4v) is 1.54. The molecule has 7 heteroatoms. The molecule has 1 rings (SSSR count).